The van der Waals surface area contributed by atoms with Gasteiger partial charge in [0, 0.05) is 11.4 Å². The van der Waals surface area contributed by atoms with Crippen molar-refractivity contribution in [1.82, 2.24) is 4.98 Å². The maximum Gasteiger partial charge on any atom is 0.315 e. The van der Waals surface area contributed by atoms with Gasteiger partial charge in [-0.1, -0.05) is 6.07 Å². The van der Waals surface area contributed by atoms with Crippen molar-refractivity contribution in [3.8, 4) is 28.1 Å². The number of nitriles is 1. The van der Waals surface area contributed by atoms with E-state index in [2.05, 4.69) is 11.1 Å². The molecule has 0 saturated heterocycles. The number of ether oxygens (including phenoxy) is 2. The third kappa shape index (κ3) is 4.03. The Morgan fingerprint density at radius 3 is 2.86 bits per heavy atom. The van der Waals surface area contributed by atoms with Crippen molar-refractivity contribution in [1.29, 1.82) is 5.26 Å². The van der Waals surface area contributed by atoms with Crippen molar-refractivity contribution in [3.05, 3.63) is 55.7 Å². The molecule has 9 heteroatoms. The third-order valence-corrected chi connectivity index (χ3v) is 5.47. The Morgan fingerprint density at radius 1 is 1.43 bits per heavy atom. The number of nitrogens with zero attached hydrogens (tertiary/aromatic N) is 3. The molecule has 0 saturated carbocycles. The van der Waals surface area contributed by atoms with Gasteiger partial charge >= 0.3 is 5.69 Å². The van der Waals surface area contributed by atoms with E-state index in [4.69, 9.17) is 9.47 Å². The first kappa shape index (κ1) is 19.5. The normalized spacial score (nSPS) is 11.1. The number of hydrogen-bond acceptors (Lipinski definition) is 8. The van der Waals surface area contributed by atoms with Gasteiger partial charge in [0.15, 0.2) is 5.75 Å². The summed E-state index contributed by atoms with van der Waals surface area (Å²) in [6, 6.07) is 8.99. The summed E-state index contributed by atoms with van der Waals surface area (Å²) in [6.07, 6.45) is 1.56. The molecule has 0 unspecified atom stereocenters. The van der Waals surface area contributed by atoms with E-state index >= 15 is 0 Å². The molecule has 0 bridgehead atoms. The molecule has 0 fully saturated rings. The standard InChI is InChI=1S/C19H15N3O4S2/c1-3-26-16-9-12(8-15(22(23)24)18(16)25-2)7-13(10-20)19-21-14(11-28-19)17-5-4-6-27-17/h4-9,11H,3H2,1-2H3/b13-7-. The van der Waals surface area contributed by atoms with Gasteiger partial charge < -0.3 is 9.47 Å². The Balaban J connectivity index is 2.05. The molecule has 28 heavy (non-hydrogen) atoms. The van der Waals surface area contributed by atoms with Crippen LogP contribution in [0.4, 0.5) is 5.69 Å². The minimum absolute atomic E-state index is 0.0525. The topological polar surface area (TPSA) is 98.3 Å². The molecule has 7 nitrogen and oxygen atoms in total. The molecule has 0 aliphatic heterocycles. The Morgan fingerprint density at radius 2 is 2.25 bits per heavy atom. The lowest BCUT2D eigenvalue weighted by Gasteiger charge is -2.10. The van der Waals surface area contributed by atoms with E-state index < -0.39 is 4.92 Å². The van der Waals surface area contributed by atoms with Crippen LogP contribution >= 0.6 is 22.7 Å². The Bertz CT molecular complexity index is 1070. The SMILES string of the molecule is CCOc1cc(/C=C(/C#N)c2nc(-c3cccs3)cs2)cc([N+](=O)[O-])c1OC. The fraction of sp³-hybridized carbons (Fsp3) is 0.158. The summed E-state index contributed by atoms with van der Waals surface area (Å²) in [5.74, 6) is 0.304. The highest BCUT2D eigenvalue weighted by Gasteiger charge is 2.22. The summed E-state index contributed by atoms with van der Waals surface area (Å²) in [4.78, 5) is 16.4. The smallest absolute Gasteiger partial charge is 0.315 e. The fourth-order valence-corrected chi connectivity index (χ4v) is 4.08. The predicted octanol–water partition coefficient (Wildman–Crippen LogP) is 5.25. The fourth-order valence-electron chi connectivity index (χ4n) is 2.54. The number of nitro groups is 1. The number of aromatic nitrogens is 1. The van der Waals surface area contributed by atoms with Crippen molar-refractivity contribution in [2.75, 3.05) is 13.7 Å². The summed E-state index contributed by atoms with van der Waals surface area (Å²) in [7, 11) is 1.35. The Hall–Kier alpha value is -3.22. The lowest BCUT2D eigenvalue weighted by atomic mass is 10.1. The quantitative estimate of drug-likeness (QED) is 0.298. The number of benzene rings is 1. The van der Waals surface area contributed by atoms with Crippen LogP contribution in [0.5, 0.6) is 11.5 Å². The molecule has 0 N–H and O–H groups in total. The molecule has 2 aromatic heterocycles. The van der Waals surface area contributed by atoms with Crippen molar-refractivity contribution >= 4 is 40.0 Å². The van der Waals surface area contributed by atoms with Crippen molar-refractivity contribution in [2.24, 2.45) is 0 Å². The Kier molecular flexibility index (Phi) is 6.03. The highest BCUT2D eigenvalue weighted by atomic mass is 32.1. The summed E-state index contributed by atoms with van der Waals surface area (Å²) >= 11 is 2.91. The summed E-state index contributed by atoms with van der Waals surface area (Å²) in [5.41, 5.74) is 1.34. The number of hydrogen-bond donors (Lipinski definition) is 0. The first-order valence-electron chi connectivity index (χ1n) is 8.18. The zero-order chi connectivity index (χ0) is 20.1. The second kappa shape index (κ2) is 8.65. The molecule has 0 aliphatic carbocycles. The zero-order valence-corrected chi connectivity index (χ0v) is 16.7. The second-order valence-electron chi connectivity index (χ2n) is 5.45. The number of allylic oxidation sites excluding steroid dienone is 1. The molecule has 3 rings (SSSR count). The number of methoxy groups -OCH3 is 1. The summed E-state index contributed by atoms with van der Waals surface area (Å²) in [6.45, 7) is 2.10. The molecule has 0 radical (unpaired) electrons. The van der Waals surface area contributed by atoms with E-state index in [9.17, 15) is 15.4 Å². The average molecular weight is 413 g/mol. The van der Waals surface area contributed by atoms with Crippen LogP contribution in [0.15, 0.2) is 35.0 Å². The predicted molar refractivity (Wildman–Crippen MR) is 110 cm³/mol. The number of thiophene rings is 1. The largest absolute Gasteiger partial charge is 0.490 e. The maximum absolute atomic E-state index is 11.4. The van der Waals surface area contributed by atoms with Crippen LogP contribution in [0.1, 0.15) is 17.5 Å². The van der Waals surface area contributed by atoms with Gasteiger partial charge in [-0.15, -0.1) is 22.7 Å². The maximum atomic E-state index is 11.4. The number of nitro benzene ring substituents is 1. The molecule has 0 aliphatic rings. The van der Waals surface area contributed by atoms with Crippen LogP contribution in [0.3, 0.4) is 0 Å². The molecule has 142 valence electrons. The van der Waals surface area contributed by atoms with Crippen LogP contribution in [-0.4, -0.2) is 23.6 Å². The van der Waals surface area contributed by atoms with Crippen molar-refractivity contribution in [2.45, 2.75) is 6.92 Å². The molecule has 2 heterocycles. The highest BCUT2D eigenvalue weighted by molar-refractivity contribution is 7.14. The van der Waals surface area contributed by atoms with E-state index in [1.54, 1.807) is 30.4 Å². The van der Waals surface area contributed by atoms with E-state index in [-0.39, 0.29) is 17.2 Å². The minimum atomic E-state index is -0.539. The van der Waals surface area contributed by atoms with Gasteiger partial charge in [-0.2, -0.15) is 5.26 Å². The first-order chi connectivity index (χ1) is 13.6. The van der Waals surface area contributed by atoms with Gasteiger partial charge in [-0.25, -0.2) is 4.98 Å². The average Bonchev–Trinajstić information content (AvgIpc) is 3.37. The summed E-state index contributed by atoms with van der Waals surface area (Å²) < 4.78 is 10.6. The van der Waals surface area contributed by atoms with E-state index in [0.29, 0.717) is 22.8 Å². The second-order valence-corrected chi connectivity index (χ2v) is 7.25. The molecule has 3 aromatic rings. The monoisotopic (exact) mass is 413 g/mol. The van der Waals surface area contributed by atoms with Gasteiger partial charge in [0.05, 0.1) is 34.8 Å². The highest BCUT2D eigenvalue weighted by Crippen LogP contribution is 2.39. The van der Waals surface area contributed by atoms with E-state index in [1.807, 2.05) is 22.9 Å². The van der Waals surface area contributed by atoms with Crippen LogP contribution in [-0.2, 0) is 0 Å². The van der Waals surface area contributed by atoms with Crippen LogP contribution in [0, 0.1) is 21.4 Å². The Labute approximate surface area is 169 Å². The zero-order valence-electron chi connectivity index (χ0n) is 15.0. The molecular weight excluding hydrogens is 398 g/mol. The number of thiazole rings is 1. The van der Waals surface area contributed by atoms with Crippen LogP contribution < -0.4 is 9.47 Å². The van der Waals surface area contributed by atoms with Gasteiger partial charge in [-0.05, 0) is 36.1 Å². The summed E-state index contributed by atoms with van der Waals surface area (Å²) in [5, 5.41) is 25.4. The van der Waals surface area contributed by atoms with E-state index in [1.165, 1.54) is 24.5 Å². The molecular formula is C19H15N3O4S2. The minimum Gasteiger partial charge on any atom is -0.490 e. The van der Waals surface area contributed by atoms with Crippen molar-refractivity contribution in [3.63, 3.8) is 0 Å². The van der Waals surface area contributed by atoms with Crippen LogP contribution in [0.2, 0.25) is 0 Å². The van der Waals surface area contributed by atoms with Crippen molar-refractivity contribution < 1.29 is 14.4 Å². The van der Waals surface area contributed by atoms with Gasteiger partial charge in [0.1, 0.15) is 11.1 Å². The van der Waals surface area contributed by atoms with Crippen LogP contribution in [0.25, 0.3) is 22.2 Å². The first-order valence-corrected chi connectivity index (χ1v) is 9.94. The lowest BCUT2D eigenvalue weighted by molar-refractivity contribution is -0.385. The van der Waals surface area contributed by atoms with Gasteiger partial charge in [0.2, 0.25) is 5.75 Å². The lowest BCUT2D eigenvalue weighted by Crippen LogP contribution is -2.00. The van der Waals surface area contributed by atoms with E-state index in [0.717, 1.165) is 10.6 Å². The van der Waals surface area contributed by atoms with Gasteiger partial charge in [-0.3, -0.25) is 10.1 Å². The van der Waals surface area contributed by atoms with Gasteiger partial charge in [0.25, 0.3) is 0 Å². The molecule has 0 spiro atoms. The third-order valence-electron chi connectivity index (χ3n) is 3.70. The molecule has 0 amide bonds. The number of rotatable bonds is 7. The molecule has 0 atom stereocenters. The molecule has 1 aromatic carbocycles.